The molecule has 0 bridgehead atoms. The van der Waals surface area contributed by atoms with E-state index in [2.05, 4.69) is 22.7 Å². The highest BCUT2D eigenvalue weighted by atomic mass is 16.6. The Kier molecular flexibility index (Phi) is 6.27. The molecule has 0 atom stereocenters. The molecule has 0 saturated carbocycles. The highest BCUT2D eigenvalue weighted by Crippen LogP contribution is 2.28. The van der Waals surface area contributed by atoms with Crippen molar-refractivity contribution in [2.45, 2.75) is 40.2 Å². The van der Waals surface area contributed by atoms with Crippen LogP contribution < -0.4 is 10.6 Å². The van der Waals surface area contributed by atoms with Crippen LogP contribution in [0.15, 0.2) is 0 Å². The predicted octanol–water partition coefficient (Wildman–Crippen LogP) is 1.92. The fourth-order valence-electron chi connectivity index (χ4n) is 1.91. The van der Waals surface area contributed by atoms with Crippen LogP contribution >= 0.6 is 0 Å². The Labute approximate surface area is 113 Å². The lowest BCUT2D eigenvalue weighted by molar-refractivity contribution is -0.384. The van der Waals surface area contributed by atoms with Gasteiger partial charge in [0.05, 0.1) is 4.92 Å². The number of aryl methyl sites for hydroxylation is 2. The van der Waals surface area contributed by atoms with Crippen molar-refractivity contribution in [2.75, 3.05) is 25.0 Å². The van der Waals surface area contributed by atoms with Gasteiger partial charge >= 0.3 is 5.69 Å². The van der Waals surface area contributed by atoms with E-state index in [9.17, 15) is 10.1 Å². The van der Waals surface area contributed by atoms with Crippen molar-refractivity contribution >= 4 is 11.5 Å². The lowest BCUT2D eigenvalue weighted by Crippen LogP contribution is -2.24. The molecule has 108 valence electrons. The molecule has 0 fully saturated rings. The predicted molar refractivity (Wildman–Crippen MR) is 75.6 cm³/mol. The maximum absolute atomic E-state index is 11.1. The number of nitro groups is 1. The number of hydrogen-bond acceptors (Lipinski definition) is 5. The summed E-state index contributed by atoms with van der Waals surface area (Å²) in [4.78, 5) is 10.7. The summed E-state index contributed by atoms with van der Waals surface area (Å²) in [6.07, 6.45) is 1.97. The van der Waals surface area contributed by atoms with Gasteiger partial charge in [-0.3, -0.25) is 10.1 Å². The molecule has 0 spiro atoms. The van der Waals surface area contributed by atoms with Gasteiger partial charge in [0.1, 0.15) is 5.69 Å². The van der Waals surface area contributed by atoms with E-state index in [0.717, 1.165) is 25.9 Å². The number of nitrogens with one attached hydrogen (secondary N) is 2. The second kappa shape index (κ2) is 7.73. The molecule has 0 aliphatic heterocycles. The maximum atomic E-state index is 11.1. The fraction of sp³-hybridized carbons (Fsp3) is 0.750. The van der Waals surface area contributed by atoms with Crippen LogP contribution in [0, 0.1) is 17.0 Å². The van der Waals surface area contributed by atoms with Crippen LogP contribution in [0.1, 0.15) is 32.4 Å². The van der Waals surface area contributed by atoms with Crippen molar-refractivity contribution in [1.82, 2.24) is 15.1 Å². The van der Waals surface area contributed by atoms with E-state index < -0.39 is 0 Å². The van der Waals surface area contributed by atoms with Gasteiger partial charge in [-0.2, -0.15) is 5.10 Å². The molecule has 1 heterocycles. The molecule has 0 radical (unpaired) electrons. The first-order valence-electron chi connectivity index (χ1n) is 6.78. The van der Waals surface area contributed by atoms with Crippen LogP contribution in [0.5, 0.6) is 0 Å². The van der Waals surface area contributed by atoms with Crippen LogP contribution in [0.3, 0.4) is 0 Å². The zero-order valence-electron chi connectivity index (χ0n) is 11.9. The molecule has 1 aromatic heterocycles. The van der Waals surface area contributed by atoms with E-state index in [-0.39, 0.29) is 10.6 Å². The van der Waals surface area contributed by atoms with Crippen LogP contribution in [-0.4, -0.2) is 34.3 Å². The van der Waals surface area contributed by atoms with E-state index in [4.69, 9.17) is 0 Å². The SMILES string of the molecule is CCCNCCNc1c([N+](=O)[O-])c(C)nn1CCC. The van der Waals surface area contributed by atoms with Crippen LogP contribution in [0.25, 0.3) is 0 Å². The lowest BCUT2D eigenvalue weighted by atomic mass is 10.3. The Morgan fingerprint density at radius 1 is 1.26 bits per heavy atom. The fourth-order valence-corrected chi connectivity index (χ4v) is 1.91. The number of hydrogen-bond donors (Lipinski definition) is 2. The van der Waals surface area contributed by atoms with Gasteiger partial charge in [0, 0.05) is 19.6 Å². The number of rotatable bonds is 9. The zero-order valence-corrected chi connectivity index (χ0v) is 11.9. The molecule has 0 unspecified atom stereocenters. The summed E-state index contributed by atoms with van der Waals surface area (Å²) in [6.45, 7) is 8.86. The van der Waals surface area contributed by atoms with Gasteiger partial charge in [-0.15, -0.1) is 0 Å². The van der Waals surface area contributed by atoms with E-state index in [1.165, 1.54) is 0 Å². The summed E-state index contributed by atoms with van der Waals surface area (Å²) < 4.78 is 1.69. The normalized spacial score (nSPS) is 10.7. The van der Waals surface area contributed by atoms with Crippen molar-refractivity contribution in [2.24, 2.45) is 0 Å². The monoisotopic (exact) mass is 269 g/mol. The molecular formula is C12H23N5O2. The van der Waals surface area contributed by atoms with Gasteiger partial charge in [-0.1, -0.05) is 13.8 Å². The van der Waals surface area contributed by atoms with Gasteiger partial charge in [0.2, 0.25) is 5.82 Å². The average molecular weight is 269 g/mol. The van der Waals surface area contributed by atoms with Crippen LogP contribution in [-0.2, 0) is 6.54 Å². The summed E-state index contributed by atoms with van der Waals surface area (Å²) in [5, 5.41) is 21.7. The molecule has 2 N–H and O–H groups in total. The molecule has 7 heteroatoms. The average Bonchev–Trinajstić information content (AvgIpc) is 2.66. The third kappa shape index (κ3) is 4.20. The summed E-state index contributed by atoms with van der Waals surface area (Å²) in [6, 6.07) is 0. The standard InChI is InChI=1S/C12H23N5O2/c1-4-6-13-7-8-14-12-11(17(18)19)10(3)15-16(12)9-5-2/h13-14H,4-9H2,1-3H3. The second-order valence-corrected chi connectivity index (χ2v) is 4.44. The van der Waals surface area contributed by atoms with E-state index in [0.29, 0.717) is 24.6 Å². The van der Waals surface area contributed by atoms with Crippen molar-refractivity contribution < 1.29 is 4.92 Å². The highest BCUT2D eigenvalue weighted by molar-refractivity contribution is 5.59. The van der Waals surface area contributed by atoms with Crippen LogP contribution in [0.2, 0.25) is 0 Å². The smallest absolute Gasteiger partial charge is 0.333 e. The van der Waals surface area contributed by atoms with Crippen molar-refractivity contribution in [1.29, 1.82) is 0 Å². The maximum Gasteiger partial charge on any atom is 0.333 e. The Bertz CT molecular complexity index is 416. The third-order valence-electron chi connectivity index (χ3n) is 2.73. The molecule has 7 nitrogen and oxygen atoms in total. The first-order valence-corrected chi connectivity index (χ1v) is 6.78. The topological polar surface area (TPSA) is 85.0 Å². The number of nitrogens with zero attached hydrogens (tertiary/aromatic N) is 3. The number of aromatic nitrogens is 2. The Morgan fingerprint density at radius 2 is 2.00 bits per heavy atom. The largest absolute Gasteiger partial charge is 0.363 e. The molecule has 0 aromatic carbocycles. The summed E-state index contributed by atoms with van der Waals surface area (Å²) in [7, 11) is 0. The summed E-state index contributed by atoms with van der Waals surface area (Å²) >= 11 is 0. The molecule has 1 rings (SSSR count). The highest BCUT2D eigenvalue weighted by Gasteiger charge is 2.24. The van der Waals surface area contributed by atoms with Crippen molar-refractivity contribution in [3.05, 3.63) is 15.8 Å². The number of anilines is 1. The second-order valence-electron chi connectivity index (χ2n) is 4.44. The first kappa shape index (κ1) is 15.4. The van der Waals surface area contributed by atoms with Crippen LogP contribution in [0.4, 0.5) is 11.5 Å². The van der Waals surface area contributed by atoms with Gasteiger partial charge in [-0.25, -0.2) is 4.68 Å². The lowest BCUT2D eigenvalue weighted by Gasteiger charge is -2.09. The van der Waals surface area contributed by atoms with Gasteiger partial charge in [-0.05, 0) is 26.3 Å². The van der Waals surface area contributed by atoms with E-state index in [1.54, 1.807) is 11.6 Å². The molecule has 0 aliphatic rings. The summed E-state index contributed by atoms with van der Waals surface area (Å²) in [5.41, 5.74) is 0.548. The Hall–Kier alpha value is -1.63. The molecule has 0 amide bonds. The minimum absolute atomic E-state index is 0.0870. The quantitative estimate of drug-likeness (QED) is 0.406. The molecular weight excluding hydrogens is 246 g/mol. The van der Waals surface area contributed by atoms with Gasteiger partial charge < -0.3 is 10.6 Å². The Balaban J connectivity index is 2.74. The van der Waals surface area contributed by atoms with Crippen molar-refractivity contribution in [3.63, 3.8) is 0 Å². The van der Waals surface area contributed by atoms with E-state index in [1.807, 2.05) is 6.92 Å². The van der Waals surface area contributed by atoms with E-state index >= 15 is 0 Å². The molecule has 0 saturated heterocycles. The zero-order chi connectivity index (χ0) is 14.3. The Morgan fingerprint density at radius 3 is 2.58 bits per heavy atom. The van der Waals surface area contributed by atoms with Gasteiger partial charge in [0.25, 0.3) is 0 Å². The summed E-state index contributed by atoms with van der Waals surface area (Å²) in [5.74, 6) is 0.516. The van der Waals surface area contributed by atoms with Gasteiger partial charge in [0.15, 0.2) is 0 Å². The molecule has 19 heavy (non-hydrogen) atoms. The minimum atomic E-state index is -0.365. The first-order chi connectivity index (χ1) is 9.11. The van der Waals surface area contributed by atoms with Crippen molar-refractivity contribution in [3.8, 4) is 0 Å². The molecule has 1 aromatic rings. The minimum Gasteiger partial charge on any atom is -0.363 e. The third-order valence-corrected chi connectivity index (χ3v) is 2.73. The molecule has 0 aliphatic carbocycles.